The van der Waals surface area contributed by atoms with Crippen molar-refractivity contribution in [3.8, 4) is 22.9 Å². The number of nitrogens with zero attached hydrogens (tertiary/aromatic N) is 1. The number of terminal acetylenes is 1. The Bertz CT molecular complexity index is 628. The van der Waals surface area contributed by atoms with Crippen LogP contribution in [0.3, 0.4) is 0 Å². The average molecular weight is 285 g/mol. The van der Waals surface area contributed by atoms with E-state index in [1.54, 1.807) is 11.3 Å². The Morgan fingerprint density at radius 3 is 2.80 bits per heavy atom. The molecule has 0 aliphatic rings. The zero-order valence-corrected chi connectivity index (χ0v) is 12.0. The van der Waals surface area contributed by atoms with Crippen molar-refractivity contribution >= 4 is 17.4 Å². The largest absolute Gasteiger partial charge is 0.333 e. The third-order valence-electron chi connectivity index (χ3n) is 2.67. The van der Waals surface area contributed by atoms with Crippen LogP contribution in [-0.2, 0) is 6.54 Å². The lowest BCUT2D eigenvalue weighted by Gasteiger charge is -2.03. The van der Waals surface area contributed by atoms with E-state index < -0.39 is 0 Å². The number of nitrogens with one attached hydrogen (secondary N) is 2. The van der Waals surface area contributed by atoms with E-state index in [4.69, 9.17) is 6.42 Å². The lowest BCUT2D eigenvalue weighted by Crippen LogP contribution is -2.35. The number of aryl methyl sites for hydroxylation is 1. The molecule has 2 amide bonds. The Morgan fingerprint density at radius 1 is 1.35 bits per heavy atom. The molecule has 5 heteroatoms. The summed E-state index contributed by atoms with van der Waals surface area (Å²) in [6.07, 6.45) is 5.08. The summed E-state index contributed by atoms with van der Waals surface area (Å²) in [6.45, 7) is 2.62. The first-order valence-electron chi connectivity index (χ1n) is 6.17. The molecule has 0 saturated heterocycles. The standard InChI is InChI=1S/C15H15N3OS/c1-3-9-16-15(19)17-10-13-11(2)18-14(20-13)12-7-5-4-6-8-12/h1,4-8H,9-10H2,2H3,(H2,16,17,19). The number of urea groups is 1. The predicted octanol–water partition coefficient (Wildman–Crippen LogP) is 2.55. The van der Waals surface area contributed by atoms with Gasteiger partial charge in [-0.15, -0.1) is 17.8 Å². The SMILES string of the molecule is C#CCNC(=O)NCc1sc(-c2ccccc2)nc1C. The van der Waals surface area contributed by atoms with Gasteiger partial charge in [0, 0.05) is 10.4 Å². The molecule has 2 N–H and O–H groups in total. The van der Waals surface area contributed by atoms with E-state index in [0.717, 1.165) is 21.1 Å². The van der Waals surface area contributed by atoms with Gasteiger partial charge in [-0.25, -0.2) is 9.78 Å². The van der Waals surface area contributed by atoms with Crippen LogP contribution < -0.4 is 10.6 Å². The topological polar surface area (TPSA) is 54.0 Å². The molecule has 2 rings (SSSR count). The summed E-state index contributed by atoms with van der Waals surface area (Å²) in [6, 6.07) is 9.72. The van der Waals surface area contributed by atoms with Crippen molar-refractivity contribution in [2.24, 2.45) is 0 Å². The molecule has 0 atom stereocenters. The van der Waals surface area contributed by atoms with Crippen LogP contribution in [0.1, 0.15) is 10.6 Å². The maximum atomic E-state index is 11.4. The van der Waals surface area contributed by atoms with Gasteiger partial charge in [-0.05, 0) is 6.92 Å². The number of aromatic nitrogens is 1. The second-order valence-corrected chi connectivity index (χ2v) is 5.22. The van der Waals surface area contributed by atoms with Gasteiger partial charge in [-0.3, -0.25) is 0 Å². The van der Waals surface area contributed by atoms with Crippen LogP contribution in [0, 0.1) is 19.3 Å². The van der Waals surface area contributed by atoms with E-state index in [2.05, 4.69) is 21.5 Å². The second-order valence-electron chi connectivity index (χ2n) is 4.13. The molecule has 0 aliphatic heterocycles. The van der Waals surface area contributed by atoms with Crippen molar-refractivity contribution in [3.63, 3.8) is 0 Å². The van der Waals surface area contributed by atoms with Crippen molar-refractivity contribution in [1.29, 1.82) is 0 Å². The molecule has 0 fully saturated rings. The van der Waals surface area contributed by atoms with Gasteiger partial charge in [0.25, 0.3) is 0 Å². The molecule has 102 valence electrons. The molecule has 0 unspecified atom stereocenters. The summed E-state index contributed by atoms with van der Waals surface area (Å²) in [5.74, 6) is 2.35. The molecule has 2 aromatic rings. The quantitative estimate of drug-likeness (QED) is 0.848. The monoisotopic (exact) mass is 285 g/mol. The maximum absolute atomic E-state index is 11.4. The smallest absolute Gasteiger partial charge is 0.315 e. The van der Waals surface area contributed by atoms with E-state index in [1.807, 2.05) is 37.3 Å². The molecule has 1 aromatic carbocycles. The first-order valence-corrected chi connectivity index (χ1v) is 6.99. The lowest BCUT2D eigenvalue weighted by molar-refractivity contribution is 0.241. The van der Waals surface area contributed by atoms with Crippen LogP contribution in [0.15, 0.2) is 30.3 Å². The van der Waals surface area contributed by atoms with Crippen LogP contribution in [0.4, 0.5) is 4.79 Å². The van der Waals surface area contributed by atoms with Crippen LogP contribution in [0.5, 0.6) is 0 Å². The third kappa shape index (κ3) is 3.59. The Hall–Kier alpha value is -2.32. The fraction of sp³-hybridized carbons (Fsp3) is 0.200. The van der Waals surface area contributed by atoms with Gasteiger partial charge in [-0.2, -0.15) is 0 Å². The molecule has 0 bridgehead atoms. The fourth-order valence-corrected chi connectivity index (χ4v) is 2.66. The molecule has 1 aromatic heterocycles. The predicted molar refractivity (Wildman–Crippen MR) is 81.4 cm³/mol. The van der Waals surface area contributed by atoms with Gasteiger partial charge in [0.2, 0.25) is 0 Å². The summed E-state index contributed by atoms with van der Waals surface area (Å²) < 4.78 is 0. The number of amides is 2. The first-order chi connectivity index (χ1) is 9.70. The fourth-order valence-electron chi connectivity index (χ4n) is 1.65. The zero-order chi connectivity index (χ0) is 14.4. The molecule has 1 heterocycles. The molecule has 0 radical (unpaired) electrons. The van der Waals surface area contributed by atoms with Gasteiger partial charge in [0.1, 0.15) is 5.01 Å². The Kier molecular flexibility index (Phi) is 4.75. The molecule has 0 spiro atoms. The lowest BCUT2D eigenvalue weighted by atomic mass is 10.2. The van der Waals surface area contributed by atoms with E-state index in [-0.39, 0.29) is 12.6 Å². The average Bonchev–Trinajstić information content (AvgIpc) is 2.85. The van der Waals surface area contributed by atoms with Crippen LogP contribution in [0.2, 0.25) is 0 Å². The Morgan fingerprint density at radius 2 is 2.10 bits per heavy atom. The Balaban J connectivity index is 2.02. The van der Waals surface area contributed by atoms with E-state index in [9.17, 15) is 4.79 Å². The van der Waals surface area contributed by atoms with Gasteiger partial charge >= 0.3 is 6.03 Å². The van der Waals surface area contributed by atoms with Crippen molar-refractivity contribution in [3.05, 3.63) is 40.9 Å². The highest BCUT2D eigenvalue weighted by Gasteiger charge is 2.10. The van der Waals surface area contributed by atoms with Crippen LogP contribution >= 0.6 is 11.3 Å². The van der Waals surface area contributed by atoms with Gasteiger partial charge in [-0.1, -0.05) is 36.3 Å². The number of carbonyl (C=O) groups excluding carboxylic acids is 1. The number of hydrogen-bond acceptors (Lipinski definition) is 3. The van der Waals surface area contributed by atoms with E-state index >= 15 is 0 Å². The summed E-state index contributed by atoms with van der Waals surface area (Å²) >= 11 is 1.58. The minimum atomic E-state index is -0.267. The zero-order valence-electron chi connectivity index (χ0n) is 11.1. The minimum absolute atomic E-state index is 0.225. The highest BCUT2D eigenvalue weighted by Crippen LogP contribution is 2.27. The highest BCUT2D eigenvalue weighted by molar-refractivity contribution is 7.15. The molecular formula is C15H15N3OS. The molecular weight excluding hydrogens is 270 g/mol. The van der Waals surface area contributed by atoms with Crippen molar-refractivity contribution < 1.29 is 4.79 Å². The molecule has 0 saturated carbocycles. The van der Waals surface area contributed by atoms with Crippen molar-refractivity contribution in [1.82, 2.24) is 15.6 Å². The minimum Gasteiger partial charge on any atom is -0.333 e. The molecule has 4 nitrogen and oxygen atoms in total. The maximum Gasteiger partial charge on any atom is 0.315 e. The number of rotatable bonds is 4. The van der Waals surface area contributed by atoms with Gasteiger partial charge in [0.15, 0.2) is 0 Å². The molecule has 0 aliphatic carbocycles. The summed E-state index contributed by atoms with van der Waals surface area (Å²) in [4.78, 5) is 17.0. The summed E-state index contributed by atoms with van der Waals surface area (Å²) in [5.41, 5.74) is 2.02. The number of carbonyl (C=O) groups is 1. The Labute approximate surface area is 122 Å². The number of benzene rings is 1. The molecule has 20 heavy (non-hydrogen) atoms. The van der Waals surface area contributed by atoms with Gasteiger partial charge in [0.05, 0.1) is 18.8 Å². The summed E-state index contributed by atoms with van der Waals surface area (Å²) in [5, 5.41) is 6.28. The summed E-state index contributed by atoms with van der Waals surface area (Å²) in [7, 11) is 0. The van der Waals surface area contributed by atoms with Crippen molar-refractivity contribution in [2.45, 2.75) is 13.5 Å². The first kappa shape index (κ1) is 14.1. The van der Waals surface area contributed by atoms with Crippen molar-refractivity contribution in [2.75, 3.05) is 6.54 Å². The van der Waals surface area contributed by atoms with Crippen LogP contribution in [0.25, 0.3) is 10.6 Å². The third-order valence-corrected chi connectivity index (χ3v) is 3.88. The highest BCUT2D eigenvalue weighted by atomic mass is 32.1. The van der Waals surface area contributed by atoms with E-state index in [1.165, 1.54) is 0 Å². The van der Waals surface area contributed by atoms with Gasteiger partial charge < -0.3 is 10.6 Å². The number of hydrogen-bond donors (Lipinski definition) is 2. The second kappa shape index (κ2) is 6.73. The van der Waals surface area contributed by atoms with Crippen LogP contribution in [-0.4, -0.2) is 17.6 Å². The normalized spacial score (nSPS) is 9.80. The van der Waals surface area contributed by atoms with E-state index in [0.29, 0.717) is 6.54 Å². The number of thiazole rings is 1.